The predicted molar refractivity (Wildman–Crippen MR) is 57.5 cm³/mol. The summed E-state index contributed by atoms with van der Waals surface area (Å²) in [5.74, 6) is -0.333. The van der Waals surface area contributed by atoms with E-state index in [9.17, 15) is 8.78 Å². The van der Waals surface area contributed by atoms with E-state index in [1.54, 1.807) is 6.92 Å². The first-order valence-electron chi connectivity index (χ1n) is 5.04. The first kappa shape index (κ1) is 11.5. The molecule has 17 heavy (non-hydrogen) atoms. The van der Waals surface area contributed by atoms with Crippen LogP contribution in [0.15, 0.2) is 16.7 Å². The lowest BCUT2D eigenvalue weighted by Gasteiger charge is -2.03. The highest BCUT2D eigenvalue weighted by atomic mass is 19.1. The number of nitrogens with zero attached hydrogens (tertiary/aromatic N) is 2. The summed E-state index contributed by atoms with van der Waals surface area (Å²) in [4.78, 5) is 7.71. The standard InChI is InChI=1S/C11H11F2N3O/c1-6-7(2)17-10(16-6)5-15-11-9(13)3-8(12)4-14-11/h3-4H,5H2,1-2H3,(H,14,15). The molecule has 0 spiro atoms. The van der Waals surface area contributed by atoms with Crippen LogP contribution in [-0.2, 0) is 6.54 Å². The van der Waals surface area contributed by atoms with Crippen molar-refractivity contribution in [2.24, 2.45) is 0 Å². The number of oxazole rings is 1. The molecule has 6 heteroatoms. The van der Waals surface area contributed by atoms with Crippen molar-refractivity contribution in [1.82, 2.24) is 9.97 Å². The van der Waals surface area contributed by atoms with Crippen LogP contribution in [0.25, 0.3) is 0 Å². The first-order chi connectivity index (χ1) is 8.06. The summed E-state index contributed by atoms with van der Waals surface area (Å²) in [5.41, 5.74) is 0.786. The third kappa shape index (κ3) is 2.58. The van der Waals surface area contributed by atoms with E-state index in [0.29, 0.717) is 11.7 Å². The van der Waals surface area contributed by atoms with E-state index in [-0.39, 0.29) is 12.4 Å². The number of hydrogen-bond acceptors (Lipinski definition) is 4. The molecule has 4 nitrogen and oxygen atoms in total. The molecule has 0 aliphatic rings. The highest BCUT2D eigenvalue weighted by molar-refractivity contribution is 5.35. The second kappa shape index (κ2) is 4.48. The van der Waals surface area contributed by atoms with Crippen LogP contribution in [0.4, 0.5) is 14.6 Å². The summed E-state index contributed by atoms with van der Waals surface area (Å²) in [7, 11) is 0. The van der Waals surface area contributed by atoms with E-state index in [2.05, 4.69) is 15.3 Å². The molecule has 1 N–H and O–H groups in total. The Morgan fingerprint density at radius 3 is 2.71 bits per heavy atom. The highest BCUT2D eigenvalue weighted by Crippen LogP contribution is 2.13. The molecule has 0 bridgehead atoms. The fraction of sp³-hybridized carbons (Fsp3) is 0.273. The van der Waals surface area contributed by atoms with E-state index >= 15 is 0 Å². The zero-order valence-corrected chi connectivity index (χ0v) is 9.42. The third-order valence-electron chi connectivity index (χ3n) is 2.29. The van der Waals surface area contributed by atoms with Crippen LogP contribution < -0.4 is 5.32 Å². The Hall–Kier alpha value is -1.98. The minimum atomic E-state index is -0.745. The van der Waals surface area contributed by atoms with Crippen molar-refractivity contribution in [3.8, 4) is 0 Å². The van der Waals surface area contributed by atoms with Gasteiger partial charge in [0.05, 0.1) is 18.4 Å². The average molecular weight is 239 g/mol. The van der Waals surface area contributed by atoms with Crippen molar-refractivity contribution in [1.29, 1.82) is 0 Å². The van der Waals surface area contributed by atoms with Gasteiger partial charge in [0.1, 0.15) is 11.6 Å². The zero-order valence-electron chi connectivity index (χ0n) is 9.42. The molecule has 2 aromatic heterocycles. The van der Waals surface area contributed by atoms with Gasteiger partial charge in [0.15, 0.2) is 11.6 Å². The molecule has 0 atom stereocenters. The number of pyridine rings is 1. The Kier molecular flexibility index (Phi) is 3.03. The van der Waals surface area contributed by atoms with Gasteiger partial charge in [0.2, 0.25) is 5.89 Å². The van der Waals surface area contributed by atoms with Crippen LogP contribution in [-0.4, -0.2) is 9.97 Å². The second-order valence-electron chi connectivity index (χ2n) is 3.59. The summed E-state index contributed by atoms with van der Waals surface area (Å²) in [5, 5.41) is 2.69. The van der Waals surface area contributed by atoms with Crippen molar-refractivity contribution in [2.75, 3.05) is 5.32 Å². The molecule has 0 saturated carbocycles. The van der Waals surface area contributed by atoms with E-state index in [0.717, 1.165) is 18.0 Å². The van der Waals surface area contributed by atoms with Crippen molar-refractivity contribution in [3.05, 3.63) is 41.2 Å². The van der Waals surface area contributed by atoms with Crippen LogP contribution in [0.3, 0.4) is 0 Å². The zero-order chi connectivity index (χ0) is 12.4. The van der Waals surface area contributed by atoms with Crippen molar-refractivity contribution in [2.45, 2.75) is 20.4 Å². The van der Waals surface area contributed by atoms with E-state index < -0.39 is 11.6 Å². The number of rotatable bonds is 3. The molecule has 0 amide bonds. The van der Waals surface area contributed by atoms with Crippen LogP contribution >= 0.6 is 0 Å². The van der Waals surface area contributed by atoms with Gasteiger partial charge in [-0.3, -0.25) is 0 Å². The number of anilines is 1. The van der Waals surface area contributed by atoms with Gasteiger partial charge in [0, 0.05) is 6.07 Å². The summed E-state index contributed by atoms with van der Waals surface area (Å²) < 4.78 is 31.1. The monoisotopic (exact) mass is 239 g/mol. The molecule has 0 saturated heterocycles. The first-order valence-corrected chi connectivity index (χ1v) is 5.04. The number of nitrogens with one attached hydrogen (secondary N) is 1. The van der Waals surface area contributed by atoms with Gasteiger partial charge in [-0.05, 0) is 13.8 Å². The van der Waals surface area contributed by atoms with Gasteiger partial charge in [-0.1, -0.05) is 0 Å². The lowest BCUT2D eigenvalue weighted by Crippen LogP contribution is -2.04. The van der Waals surface area contributed by atoms with Gasteiger partial charge in [-0.2, -0.15) is 0 Å². The maximum Gasteiger partial charge on any atom is 0.213 e. The second-order valence-corrected chi connectivity index (χ2v) is 3.59. The van der Waals surface area contributed by atoms with Crippen LogP contribution in [0.1, 0.15) is 17.3 Å². The minimum absolute atomic E-state index is 0.0279. The quantitative estimate of drug-likeness (QED) is 0.894. The highest BCUT2D eigenvalue weighted by Gasteiger charge is 2.08. The van der Waals surface area contributed by atoms with Gasteiger partial charge >= 0.3 is 0 Å². The minimum Gasteiger partial charge on any atom is -0.444 e. The lowest BCUT2D eigenvalue weighted by molar-refractivity contribution is 0.477. The molecule has 0 aromatic carbocycles. The molecule has 2 aromatic rings. The Morgan fingerprint density at radius 2 is 2.12 bits per heavy atom. The smallest absolute Gasteiger partial charge is 0.213 e. The fourth-order valence-corrected chi connectivity index (χ4v) is 1.32. The summed E-state index contributed by atoms with van der Waals surface area (Å²) in [6.07, 6.45) is 0.942. The Bertz CT molecular complexity index is 520. The van der Waals surface area contributed by atoms with E-state index in [1.165, 1.54) is 0 Å². The number of aryl methyl sites for hydroxylation is 2. The Labute approximate surface area is 96.7 Å². The Balaban J connectivity index is 2.07. The van der Waals surface area contributed by atoms with Gasteiger partial charge in [-0.15, -0.1) is 0 Å². The van der Waals surface area contributed by atoms with Gasteiger partial charge in [-0.25, -0.2) is 18.7 Å². The molecular formula is C11H11F2N3O. The van der Waals surface area contributed by atoms with Crippen molar-refractivity contribution in [3.63, 3.8) is 0 Å². The lowest BCUT2D eigenvalue weighted by atomic mass is 10.4. The SMILES string of the molecule is Cc1nc(CNc2ncc(F)cc2F)oc1C. The number of halogens is 2. The van der Waals surface area contributed by atoms with Crippen molar-refractivity contribution < 1.29 is 13.2 Å². The molecule has 0 aliphatic heterocycles. The third-order valence-corrected chi connectivity index (χ3v) is 2.29. The molecule has 0 unspecified atom stereocenters. The summed E-state index contributed by atoms with van der Waals surface area (Å²) >= 11 is 0. The summed E-state index contributed by atoms with van der Waals surface area (Å²) in [6, 6.07) is 0.765. The number of hydrogen-bond donors (Lipinski definition) is 1. The molecular weight excluding hydrogens is 228 g/mol. The molecule has 0 fully saturated rings. The van der Waals surface area contributed by atoms with E-state index in [1.807, 2.05) is 6.92 Å². The van der Waals surface area contributed by atoms with Gasteiger partial charge < -0.3 is 9.73 Å². The average Bonchev–Trinajstić information content (AvgIpc) is 2.57. The molecule has 2 heterocycles. The largest absolute Gasteiger partial charge is 0.444 e. The van der Waals surface area contributed by atoms with E-state index in [4.69, 9.17) is 4.42 Å². The predicted octanol–water partition coefficient (Wildman–Crippen LogP) is 2.58. The van der Waals surface area contributed by atoms with Crippen LogP contribution in [0.2, 0.25) is 0 Å². The van der Waals surface area contributed by atoms with Crippen LogP contribution in [0, 0.1) is 25.5 Å². The molecule has 0 aliphatic carbocycles. The van der Waals surface area contributed by atoms with Crippen molar-refractivity contribution >= 4 is 5.82 Å². The molecule has 2 rings (SSSR count). The molecule has 90 valence electrons. The summed E-state index contributed by atoms with van der Waals surface area (Å²) in [6.45, 7) is 3.81. The topological polar surface area (TPSA) is 51.0 Å². The number of aromatic nitrogens is 2. The Morgan fingerprint density at radius 1 is 1.35 bits per heavy atom. The maximum absolute atomic E-state index is 13.2. The maximum atomic E-state index is 13.2. The van der Waals surface area contributed by atoms with Crippen LogP contribution in [0.5, 0.6) is 0 Å². The molecule has 0 radical (unpaired) electrons. The normalized spacial score (nSPS) is 10.6. The van der Waals surface area contributed by atoms with Gasteiger partial charge in [0.25, 0.3) is 0 Å². The fourth-order valence-electron chi connectivity index (χ4n) is 1.32.